The molecular formula is C21H27N3O3. The maximum absolute atomic E-state index is 12.6. The predicted octanol–water partition coefficient (Wildman–Crippen LogP) is 2.45. The number of likely N-dealkylation sites (N-methyl/N-ethyl adjacent to an activating group) is 1. The fourth-order valence-corrected chi connectivity index (χ4v) is 4.59. The van der Waals surface area contributed by atoms with Crippen molar-refractivity contribution in [3.8, 4) is 11.3 Å². The van der Waals surface area contributed by atoms with Gasteiger partial charge in [0.1, 0.15) is 12.0 Å². The summed E-state index contributed by atoms with van der Waals surface area (Å²) < 4.78 is 10.5. The van der Waals surface area contributed by atoms with Gasteiger partial charge in [-0.15, -0.1) is 0 Å². The van der Waals surface area contributed by atoms with Crippen LogP contribution in [0.25, 0.3) is 11.3 Å². The molecule has 1 aromatic carbocycles. The fraction of sp³-hybridized carbons (Fsp3) is 0.524. The molecule has 6 nitrogen and oxygen atoms in total. The maximum Gasteiger partial charge on any atom is 0.222 e. The summed E-state index contributed by atoms with van der Waals surface area (Å²) in [5.74, 6) is 0.221. The van der Waals surface area contributed by atoms with Gasteiger partial charge in [-0.3, -0.25) is 4.79 Å². The summed E-state index contributed by atoms with van der Waals surface area (Å²) in [6, 6.07) is 10.4. The van der Waals surface area contributed by atoms with Gasteiger partial charge < -0.3 is 19.1 Å². The molecule has 0 N–H and O–H groups in total. The van der Waals surface area contributed by atoms with Gasteiger partial charge in [-0.1, -0.05) is 35.5 Å². The van der Waals surface area contributed by atoms with Crippen molar-refractivity contribution in [3.05, 3.63) is 42.2 Å². The number of hydrogen-bond donors (Lipinski definition) is 0. The molecule has 2 aliphatic rings. The zero-order valence-electron chi connectivity index (χ0n) is 16.1. The van der Waals surface area contributed by atoms with Gasteiger partial charge >= 0.3 is 0 Å². The highest BCUT2D eigenvalue weighted by molar-refractivity contribution is 5.78. The average molecular weight is 369 g/mol. The second kappa shape index (κ2) is 7.44. The lowest BCUT2D eigenvalue weighted by Gasteiger charge is -2.48. The van der Waals surface area contributed by atoms with Crippen LogP contribution in [0.1, 0.15) is 18.4 Å². The van der Waals surface area contributed by atoms with Crippen LogP contribution in [0.3, 0.4) is 0 Å². The van der Waals surface area contributed by atoms with Gasteiger partial charge in [0, 0.05) is 55.7 Å². The number of ether oxygens (including phenoxy) is 1. The molecule has 1 atom stereocenters. The minimum Gasteiger partial charge on any atom is -0.383 e. The van der Waals surface area contributed by atoms with Gasteiger partial charge in [0.15, 0.2) is 0 Å². The van der Waals surface area contributed by atoms with Crippen LogP contribution >= 0.6 is 0 Å². The van der Waals surface area contributed by atoms with Gasteiger partial charge in [0.25, 0.3) is 0 Å². The molecule has 0 radical (unpaired) electrons. The van der Waals surface area contributed by atoms with Crippen LogP contribution in [0.2, 0.25) is 0 Å². The Kier molecular flexibility index (Phi) is 5.02. The lowest BCUT2D eigenvalue weighted by Crippen LogP contribution is -2.59. The lowest BCUT2D eigenvalue weighted by molar-refractivity contribution is -0.142. The van der Waals surface area contributed by atoms with Crippen LogP contribution in [0.15, 0.2) is 41.1 Å². The third-order valence-corrected chi connectivity index (χ3v) is 5.94. The minimum atomic E-state index is 0.221. The zero-order valence-corrected chi connectivity index (χ0v) is 16.1. The number of rotatable bonds is 6. The van der Waals surface area contributed by atoms with Crippen molar-refractivity contribution >= 4 is 5.91 Å². The van der Waals surface area contributed by atoms with E-state index in [1.165, 1.54) is 0 Å². The molecule has 1 aromatic heterocycles. The molecule has 0 saturated carbocycles. The topological polar surface area (TPSA) is 58.8 Å². The lowest BCUT2D eigenvalue weighted by atomic mass is 9.77. The number of aryl methyl sites for hydroxylation is 1. The molecule has 6 heteroatoms. The first-order valence-electron chi connectivity index (χ1n) is 9.56. The van der Waals surface area contributed by atoms with E-state index in [1.54, 1.807) is 13.4 Å². The Balaban J connectivity index is 1.30. The first kappa shape index (κ1) is 18.2. The van der Waals surface area contributed by atoms with Crippen molar-refractivity contribution in [2.24, 2.45) is 5.41 Å². The Morgan fingerprint density at radius 2 is 2.07 bits per heavy atom. The number of methoxy groups -OCH3 is 1. The summed E-state index contributed by atoms with van der Waals surface area (Å²) in [6.45, 7) is 3.55. The Labute approximate surface area is 160 Å². The van der Waals surface area contributed by atoms with Crippen LogP contribution in [0, 0.1) is 5.41 Å². The smallest absolute Gasteiger partial charge is 0.222 e. The van der Waals surface area contributed by atoms with E-state index in [9.17, 15) is 4.79 Å². The highest BCUT2D eigenvalue weighted by Gasteiger charge is 2.51. The molecule has 0 bridgehead atoms. The highest BCUT2D eigenvalue weighted by Crippen LogP contribution is 2.42. The van der Waals surface area contributed by atoms with Crippen LogP contribution in [0.4, 0.5) is 0 Å². The van der Waals surface area contributed by atoms with Crippen LogP contribution in [0.5, 0.6) is 0 Å². The van der Waals surface area contributed by atoms with Crippen LogP contribution in [-0.4, -0.2) is 67.3 Å². The van der Waals surface area contributed by atoms with Gasteiger partial charge in [0.05, 0.1) is 6.61 Å². The highest BCUT2D eigenvalue weighted by atomic mass is 16.5. The minimum absolute atomic E-state index is 0.221. The molecule has 1 spiro atoms. The van der Waals surface area contributed by atoms with E-state index in [0.717, 1.165) is 49.5 Å². The third kappa shape index (κ3) is 3.64. The Morgan fingerprint density at radius 3 is 2.81 bits per heavy atom. The Hall–Kier alpha value is -2.18. The number of hydrogen-bond acceptors (Lipinski definition) is 5. The molecule has 1 unspecified atom stereocenters. The second-order valence-corrected chi connectivity index (χ2v) is 8.03. The summed E-state index contributed by atoms with van der Waals surface area (Å²) in [4.78, 5) is 17.0. The summed E-state index contributed by atoms with van der Waals surface area (Å²) in [5.41, 5.74) is 3.11. The van der Waals surface area contributed by atoms with Gasteiger partial charge in [-0.2, -0.15) is 0 Å². The quantitative estimate of drug-likeness (QED) is 0.783. The summed E-state index contributed by atoms with van der Waals surface area (Å²) in [5, 5.41) is 4.12. The Bertz CT molecular complexity index is 783. The molecule has 2 fully saturated rings. The molecule has 27 heavy (non-hydrogen) atoms. The zero-order chi connectivity index (χ0) is 18.9. The van der Waals surface area contributed by atoms with Crippen molar-refractivity contribution < 1.29 is 14.1 Å². The molecule has 2 saturated heterocycles. The first-order valence-corrected chi connectivity index (χ1v) is 9.56. The molecule has 144 valence electrons. The number of carbonyl (C=O) groups excluding carboxylic acids is 1. The number of amides is 1. The third-order valence-electron chi connectivity index (χ3n) is 5.94. The second-order valence-electron chi connectivity index (χ2n) is 8.03. The van der Waals surface area contributed by atoms with E-state index >= 15 is 0 Å². The van der Waals surface area contributed by atoms with Crippen molar-refractivity contribution in [1.82, 2.24) is 15.0 Å². The Morgan fingerprint density at radius 1 is 1.30 bits per heavy atom. The molecule has 0 aliphatic carbocycles. The van der Waals surface area contributed by atoms with Crippen molar-refractivity contribution in [2.75, 3.05) is 40.4 Å². The van der Waals surface area contributed by atoms with Crippen molar-refractivity contribution in [2.45, 2.75) is 25.3 Å². The molecule has 4 rings (SSSR count). The number of likely N-dealkylation sites (tertiary alicyclic amines) is 2. The van der Waals surface area contributed by atoms with E-state index in [4.69, 9.17) is 9.26 Å². The number of aromatic nitrogens is 1. The molecule has 2 aliphatic heterocycles. The van der Waals surface area contributed by atoms with Crippen LogP contribution in [-0.2, 0) is 16.0 Å². The van der Waals surface area contributed by atoms with E-state index in [1.807, 2.05) is 35.2 Å². The molecule has 2 aromatic rings. The van der Waals surface area contributed by atoms with E-state index in [0.29, 0.717) is 18.9 Å². The van der Waals surface area contributed by atoms with E-state index in [2.05, 4.69) is 17.1 Å². The summed E-state index contributed by atoms with van der Waals surface area (Å²) >= 11 is 0. The average Bonchev–Trinajstić information content (AvgIpc) is 3.24. The SMILES string of the molecule is COCC1CC2(CN(C(=O)CCc3conc3-c3ccccc3)C2)CN1C. The fourth-order valence-electron chi connectivity index (χ4n) is 4.59. The summed E-state index contributed by atoms with van der Waals surface area (Å²) in [7, 11) is 3.91. The summed E-state index contributed by atoms with van der Waals surface area (Å²) in [6.07, 6.45) is 3.93. The van der Waals surface area contributed by atoms with Gasteiger partial charge in [-0.05, 0) is 19.9 Å². The van der Waals surface area contributed by atoms with Gasteiger partial charge in [-0.25, -0.2) is 0 Å². The first-order chi connectivity index (χ1) is 13.1. The van der Waals surface area contributed by atoms with E-state index in [-0.39, 0.29) is 11.3 Å². The van der Waals surface area contributed by atoms with Crippen molar-refractivity contribution in [3.63, 3.8) is 0 Å². The predicted molar refractivity (Wildman–Crippen MR) is 102 cm³/mol. The number of benzene rings is 1. The molecular weight excluding hydrogens is 342 g/mol. The standard InChI is InChI=1S/C21H27N3O3/c1-23-13-21(10-18(23)12-26-2)14-24(15-21)19(25)9-8-17-11-27-22-20(17)16-6-4-3-5-7-16/h3-7,11,18H,8-10,12-15H2,1-2H3. The number of carbonyl (C=O) groups is 1. The normalized spacial score (nSPS) is 21.6. The molecule has 1 amide bonds. The monoisotopic (exact) mass is 369 g/mol. The van der Waals surface area contributed by atoms with Crippen LogP contribution < -0.4 is 0 Å². The van der Waals surface area contributed by atoms with Crippen molar-refractivity contribution in [1.29, 1.82) is 0 Å². The number of nitrogens with zero attached hydrogens (tertiary/aromatic N) is 3. The van der Waals surface area contributed by atoms with E-state index < -0.39 is 0 Å². The maximum atomic E-state index is 12.6. The molecule has 3 heterocycles. The largest absolute Gasteiger partial charge is 0.383 e. The van der Waals surface area contributed by atoms with Gasteiger partial charge in [0.2, 0.25) is 5.91 Å².